The Hall–Kier alpha value is -9.08. The molecule has 2 unspecified atom stereocenters. The summed E-state index contributed by atoms with van der Waals surface area (Å²) in [7, 11) is -13.9. The van der Waals surface area contributed by atoms with E-state index in [-0.39, 0.29) is 120 Å². The van der Waals surface area contributed by atoms with Gasteiger partial charge in [0.05, 0.1) is 72.1 Å². The number of nitrogen functional groups attached to an aromatic ring is 5. The molecule has 0 fully saturated rings. The highest BCUT2D eigenvalue weighted by Crippen LogP contribution is 2.45. The molecule has 46 nitrogen and oxygen atoms in total. The fourth-order valence-electron chi connectivity index (χ4n) is 9.39. The summed E-state index contributed by atoms with van der Waals surface area (Å²) >= 11 is 0. The van der Waals surface area contributed by atoms with Crippen molar-refractivity contribution in [3.63, 3.8) is 0 Å². The number of esters is 3. The number of imidazole rings is 4. The number of benzene rings is 2. The zero-order chi connectivity index (χ0) is 89.9. The van der Waals surface area contributed by atoms with E-state index in [0.717, 1.165) is 25.7 Å². The lowest BCUT2D eigenvalue weighted by Gasteiger charge is -2.26. The lowest BCUT2D eigenvalue weighted by Crippen LogP contribution is -2.43. The summed E-state index contributed by atoms with van der Waals surface area (Å²) in [6, 6.07) is 15.4. The Kier molecular flexibility index (Phi) is 55.5. The molecule has 0 amide bonds. The number of rotatable bonds is 39. The van der Waals surface area contributed by atoms with Crippen LogP contribution in [-0.4, -0.2) is 219 Å². The minimum atomic E-state index is -4.12. The van der Waals surface area contributed by atoms with Gasteiger partial charge in [-0.2, -0.15) is 9.97 Å². The van der Waals surface area contributed by atoms with E-state index in [1.165, 1.54) is 45.7 Å². The number of methoxy groups -OCH3 is 1. The first kappa shape index (κ1) is 116. The molecule has 0 spiro atoms. The average Bonchev–Trinajstić information content (AvgIpc) is 1.70. The van der Waals surface area contributed by atoms with Crippen LogP contribution in [0, 0.1) is 0 Å². The van der Waals surface area contributed by atoms with E-state index in [1.54, 1.807) is 99.4 Å². The summed E-state index contributed by atoms with van der Waals surface area (Å²) in [5.74, 6) is 0.156. The van der Waals surface area contributed by atoms with E-state index < -0.39 is 78.9 Å². The molecule has 10 rings (SSSR count). The first-order valence-electron chi connectivity index (χ1n) is 38.1. The van der Waals surface area contributed by atoms with Crippen molar-refractivity contribution < 1.29 is 89.5 Å². The van der Waals surface area contributed by atoms with Crippen molar-refractivity contribution >= 4 is 159 Å². The number of hydrogen-bond donors (Lipinski definition) is 14. The summed E-state index contributed by atoms with van der Waals surface area (Å²) in [5, 5.41) is 8.27. The Labute approximate surface area is 744 Å². The van der Waals surface area contributed by atoms with Crippen molar-refractivity contribution in [2.45, 2.75) is 172 Å². The lowest BCUT2D eigenvalue weighted by molar-refractivity contribution is -0.145. The number of halogens is 3. The highest BCUT2D eigenvalue weighted by Gasteiger charge is 2.34. The van der Waals surface area contributed by atoms with Gasteiger partial charge in [0.2, 0.25) is 13.4 Å². The number of fused-ring (bicyclic) bond motifs is 4. The van der Waals surface area contributed by atoms with Crippen molar-refractivity contribution in [2.24, 2.45) is 17.2 Å². The highest BCUT2D eigenvalue weighted by molar-refractivity contribution is 7.59. The minimum Gasteiger partial charge on any atom is -0.468 e. The molecule has 2 aromatic carbocycles. The molecule has 0 saturated carbocycles. The Balaban J connectivity index is 0.00000158. The van der Waals surface area contributed by atoms with Crippen LogP contribution in [0.25, 0.3) is 44.7 Å². The summed E-state index contributed by atoms with van der Waals surface area (Å²) < 4.78 is 104. The van der Waals surface area contributed by atoms with Gasteiger partial charge in [-0.3, -0.25) is 28.1 Å². The molecule has 5 atom stereocenters. The molecule has 0 bridgehead atoms. The lowest BCUT2D eigenvalue weighted by atomic mass is 10.3. The number of hydrogen-bond acceptors (Lipinski definition) is 36. The number of nitrogens with one attached hydrogen (secondary N) is 3. The van der Waals surface area contributed by atoms with E-state index in [2.05, 4.69) is 79.8 Å². The van der Waals surface area contributed by atoms with Gasteiger partial charge in [-0.15, -0.1) is 37.2 Å². The first-order chi connectivity index (χ1) is 57.2. The van der Waals surface area contributed by atoms with Crippen LogP contribution in [0.1, 0.15) is 109 Å². The molecule has 125 heavy (non-hydrogen) atoms. The van der Waals surface area contributed by atoms with Gasteiger partial charge in [0.1, 0.15) is 89.7 Å². The second-order valence-corrected chi connectivity index (χ2v) is 34.8. The van der Waals surface area contributed by atoms with Crippen LogP contribution in [0.4, 0.5) is 29.2 Å². The Bertz CT molecular complexity index is 4900. The fraction of sp³-hybridized carbons (Fsp3) is 0.514. The molecule has 0 aliphatic heterocycles. The molecule has 8 aromatic heterocycles. The Morgan fingerprint density at radius 1 is 0.424 bits per heavy atom. The van der Waals surface area contributed by atoms with Crippen LogP contribution in [0.2, 0.25) is 0 Å². The summed E-state index contributed by atoms with van der Waals surface area (Å²) in [5.41, 5.74) is 47.9. The molecular formula is C72H124Cl3N27O19P4. The van der Waals surface area contributed by atoms with Crippen LogP contribution >= 0.6 is 67.4 Å². The number of nitrogens with two attached hydrogens (primary N) is 8. The minimum absolute atomic E-state index is 0. The number of nitrogens with zero attached hydrogens (tertiary/aromatic N) is 16. The number of aromatic nitrogens is 16. The average molecular weight is 1900 g/mol. The van der Waals surface area contributed by atoms with Crippen molar-refractivity contribution in [3.05, 3.63) is 105 Å². The van der Waals surface area contributed by atoms with E-state index in [1.807, 2.05) is 61.5 Å². The predicted octanol–water partition coefficient (Wildman–Crippen LogP) is 7.78. The van der Waals surface area contributed by atoms with Gasteiger partial charge in [0.15, 0.2) is 52.2 Å². The van der Waals surface area contributed by atoms with Crippen LogP contribution < -0.4 is 70.2 Å². The standard InChI is InChI=1S/C22H38N7O6P.C18H23N6O5P.C14H17N6O4P.C8H12N5O4P.3C3H9N.CH4.3ClH/c1-5-7-10-34-21(30)16(3)27-36(32,28-17(4)22(31)35-11-8-6-2)15-33-12-9-29-14-26-18-19(23)24-13-25-20(18)29;1-13(18(25)27-2)23-30(26,29-14-6-4-3-5-7-14)12-28-9-8-24-11-22-15-16(19)20-10-21-17(15)24;15-12-11-13(19-14(16)18-12)20(8-17-11)6-7-23-9-25(21,22)24-10-4-2-1-3-5-10;9-7-6-8(11-3-10-7)13(4-12-6)1-2-17-5-18(14,15)16;3*1-3(2)4;;;;/h13-14,16-17H,5-12,15H2,1-4H3,(H2,23,24,25)(H2,27,28,32);3-7,10-11,13H,8-9,12H2,1-2H3,(H,23,26)(H2,19,20,21);1-5,8H,6-7,9H2,(H,21,22)(H4,15,16,18,19);3-4H,1-2,5H2,(H2,9,10,11)(H2,14,15,16);3*3H,4H2,1-2H3;1H4;3*1H/t16-,17-;13-,30?;;;;;;;;;/m00........./s1. The predicted molar refractivity (Wildman–Crippen MR) is 486 cm³/mol. The van der Waals surface area contributed by atoms with Gasteiger partial charge in [0, 0.05) is 26.2 Å². The van der Waals surface area contributed by atoms with Gasteiger partial charge in [-0.25, -0.2) is 69.7 Å². The summed E-state index contributed by atoms with van der Waals surface area (Å²) in [4.78, 5) is 112. The maximum atomic E-state index is 13.7. The highest BCUT2D eigenvalue weighted by atomic mass is 35.5. The molecule has 702 valence electrons. The number of anilines is 5. The number of carbonyl (C=O) groups excluding carboxylic acids is 3. The third kappa shape index (κ3) is 44.3. The van der Waals surface area contributed by atoms with Gasteiger partial charge in [-0.1, -0.05) is 112 Å². The van der Waals surface area contributed by atoms with Gasteiger partial charge < -0.3 is 121 Å². The smallest absolute Gasteiger partial charge is 0.402 e. The zero-order valence-corrected chi connectivity index (χ0v) is 77.2. The molecule has 0 aliphatic carbocycles. The monoisotopic (exact) mass is 1900 g/mol. The molecule has 53 heteroatoms. The maximum absolute atomic E-state index is 13.7. The third-order valence-electron chi connectivity index (χ3n) is 14.7. The van der Waals surface area contributed by atoms with E-state index in [0.29, 0.717) is 106 Å². The van der Waals surface area contributed by atoms with Crippen molar-refractivity contribution in [1.82, 2.24) is 93.3 Å². The normalized spacial score (nSPS) is 12.6. The summed E-state index contributed by atoms with van der Waals surface area (Å²) in [6.07, 6.45) is 11.9. The molecule has 0 saturated heterocycles. The second-order valence-electron chi connectivity index (χ2n) is 27.2. The van der Waals surface area contributed by atoms with Crippen LogP contribution in [0.3, 0.4) is 0 Å². The second kappa shape index (κ2) is 59.8. The molecule has 0 radical (unpaired) electrons. The molecule has 0 aliphatic rings. The van der Waals surface area contributed by atoms with E-state index in [9.17, 15) is 37.5 Å². The molecule has 22 N–H and O–H groups in total. The maximum Gasteiger partial charge on any atom is 0.402 e. The van der Waals surface area contributed by atoms with Crippen LogP contribution in [-0.2, 0) is 92.0 Å². The number of ether oxygens (including phenoxy) is 7. The van der Waals surface area contributed by atoms with Crippen LogP contribution in [0.5, 0.6) is 11.5 Å². The first-order valence-corrected chi connectivity index (χ1v) is 45.3. The summed E-state index contributed by atoms with van der Waals surface area (Å²) in [6.45, 7) is 23.0. The zero-order valence-electron chi connectivity index (χ0n) is 71.2. The van der Waals surface area contributed by atoms with Gasteiger partial charge >= 0.3 is 40.6 Å². The third-order valence-corrected chi connectivity index (χ3v) is 20.2. The Morgan fingerprint density at radius 2 is 0.752 bits per heavy atom. The van der Waals surface area contributed by atoms with Crippen molar-refractivity contribution in [2.75, 3.05) is 101 Å². The van der Waals surface area contributed by atoms with Crippen molar-refractivity contribution in [3.8, 4) is 11.5 Å². The largest absolute Gasteiger partial charge is 0.468 e. The van der Waals surface area contributed by atoms with Gasteiger partial charge in [0.25, 0.3) is 0 Å². The van der Waals surface area contributed by atoms with E-state index >= 15 is 0 Å². The molecule has 8 heterocycles. The Morgan fingerprint density at radius 3 is 1.11 bits per heavy atom. The quantitative estimate of drug-likeness (QED) is 0.00756. The number of unbranched alkanes of at least 4 members (excludes halogenated alkanes) is 2. The van der Waals surface area contributed by atoms with Crippen LogP contribution in [0.15, 0.2) is 105 Å². The number of para-hydroxylation sites is 2. The SMILES string of the molecule is C.CC(C)N.CC(C)N.CC(C)N.CCCCOC(=O)[C@H](C)NP(=O)(COCCn1cnc2c(N)ncnc21)N[C@@H](C)C(=O)OCCCC.COC(=O)[C@H](C)NP(=O)(COCCn1cnc2c(N)ncnc21)Oc1ccccc1.Cl.Cl.Cl.Nc1nc(N)c2ncn(CCOCP(=O)(O)Oc3ccccc3)c2n1.Nc1ncnc2c1ncn2CCOCP(=O)(O)O. The molecular weight excluding hydrogens is 1780 g/mol. The van der Waals surface area contributed by atoms with E-state index in [4.69, 9.17) is 93.1 Å². The van der Waals surface area contributed by atoms with Gasteiger partial charge in [-0.05, 0) is 76.0 Å². The molecule has 10 aromatic rings. The topological polar surface area (TPSA) is 682 Å². The number of carbonyl (C=O) groups is 3. The fourth-order valence-corrected chi connectivity index (χ4v) is 14.4. The van der Waals surface area contributed by atoms with Crippen molar-refractivity contribution in [1.29, 1.82) is 0 Å².